The Kier molecular flexibility index (Phi) is 3.24. The van der Waals surface area contributed by atoms with Gasteiger partial charge in [0.2, 0.25) is 0 Å². The molecule has 2 aromatic heterocycles. The quantitative estimate of drug-likeness (QED) is 0.664. The van der Waals surface area contributed by atoms with E-state index < -0.39 is 11.6 Å². The van der Waals surface area contributed by atoms with E-state index in [2.05, 4.69) is 4.98 Å². The molecule has 0 saturated carbocycles. The molecule has 1 aromatic carbocycles. The lowest BCUT2D eigenvalue weighted by Crippen LogP contribution is -2.01. The summed E-state index contributed by atoms with van der Waals surface area (Å²) in [6.07, 6.45) is 0.493. The van der Waals surface area contributed by atoms with Gasteiger partial charge >= 0.3 is 0 Å². The third-order valence-corrected chi connectivity index (χ3v) is 3.69. The molecular formula is C13H9ClF2N2S. The zero-order valence-corrected chi connectivity index (χ0v) is 11.3. The van der Waals surface area contributed by atoms with Crippen molar-refractivity contribution < 1.29 is 8.78 Å². The standard InChI is InChI=1S/C13H9ClF2N2S/c14-3-1-12-17-13-10(16)5-8(15)6-11(13)18(12)9-2-4-19-7-9/h2,4-7H,1,3H2. The molecule has 6 heteroatoms. The summed E-state index contributed by atoms with van der Waals surface area (Å²) >= 11 is 7.26. The molecule has 0 fully saturated rings. The summed E-state index contributed by atoms with van der Waals surface area (Å²) in [5.41, 5.74) is 1.45. The third kappa shape index (κ3) is 2.13. The number of fused-ring (bicyclic) bond motifs is 1. The van der Waals surface area contributed by atoms with E-state index in [1.54, 1.807) is 4.57 Å². The van der Waals surface area contributed by atoms with E-state index in [4.69, 9.17) is 11.6 Å². The minimum atomic E-state index is -0.653. The number of thiophene rings is 1. The van der Waals surface area contributed by atoms with Crippen LogP contribution in [0.4, 0.5) is 8.78 Å². The lowest BCUT2D eigenvalue weighted by Gasteiger charge is -2.05. The Balaban J connectivity index is 2.35. The number of halogens is 3. The normalized spacial score (nSPS) is 11.3. The minimum absolute atomic E-state index is 0.174. The molecule has 0 N–H and O–H groups in total. The van der Waals surface area contributed by atoms with Crippen molar-refractivity contribution in [2.24, 2.45) is 0 Å². The van der Waals surface area contributed by atoms with E-state index in [1.165, 1.54) is 17.4 Å². The molecule has 0 unspecified atom stereocenters. The fourth-order valence-corrected chi connectivity index (χ4v) is 2.87. The van der Waals surface area contributed by atoms with Gasteiger partial charge in [0.05, 0.1) is 11.2 Å². The molecule has 0 radical (unpaired) electrons. The van der Waals surface area contributed by atoms with Crippen LogP contribution in [0.3, 0.4) is 0 Å². The van der Waals surface area contributed by atoms with Crippen molar-refractivity contribution in [2.45, 2.75) is 6.42 Å². The third-order valence-electron chi connectivity index (χ3n) is 2.83. The maximum Gasteiger partial charge on any atom is 0.153 e. The molecule has 2 nitrogen and oxygen atoms in total. The minimum Gasteiger partial charge on any atom is -0.295 e. The van der Waals surface area contributed by atoms with Gasteiger partial charge in [-0.3, -0.25) is 4.57 Å². The number of nitrogens with zero attached hydrogens (tertiary/aromatic N) is 2. The van der Waals surface area contributed by atoms with Crippen LogP contribution in [0.5, 0.6) is 0 Å². The molecule has 0 bridgehead atoms. The van der Waals surface area contributed by atoms with Gasteiger partial charge in [-0.15, -0.1) is 11.6 Å². The van der Waals surface area contributed by atoms with E-state index in [0.29, 0.717) is 23.6 Å². The molecule has 0 spiro atoms. The average molecular weight is 299 g/mol. The van der Waals surface area contributed by atoms with Crippen LogP contribution in [-0.4, -0.2) is 15.4 Å². The first kappa shape index (κ1) is 12.6. The summed E-state index contributed by atoms with van der Waals surface area (Å²) in [7, 11) is 0. The van der Waals surface area contributed by atoms with Gasteiger partial charge in [0.25, 0.3) is 0 Å². The van der Waals surface area contributed by atoms with Gasteiger partial charge in [0, 0.05) is 29.8 Å². The van der Waals surface area contributed by atoms with Crippen molar-refractivity contribution in [1.29, 1.82) is 0 Å². The Morgan fingerprint density at radius 1 is 1.32 bits per heavy atom. The predicted molar refractivity (Wildman–Crippen MR) is 73.3 cm³/mol. The van der Waals surface area contributed by atoms with Crippen molar-refractivity contribution in [1.82, 2.24) is 9.55 Å². The summed E-state index contributed by atoms with van der Waals surface area (Å²) in [5.74, 6) is -0.260. The molecule has 19 heavy (non-hydrogen) atoms. The fraction of sp³-hybridized carbons (Fsp3) is 0.154. The second kappa shape index (κ2) is 4.90. The topological polar surface area (TPSA) is 17.8 Å². The molecule has 0 aliphatic carbocycles. The van der Waals surface area contributed by atoms with E-state index in [1.807, 2.05) is 16.8 Å². The Morgan fingerprint density at radius 3 is 2.84 bits per heavy atom. The molecule has 2 heterocycles. The smallest absolute Gasteiger partial charge is 0.153 e. The van der Waals surface area contributed by atoms with Crippen LogP contribution >= 0.6 is 22.9 Å². The highest BCUT2D eigenvalue weighted by Crippen LogP contribution is 2.26. The van der Waals surface area contributed by atoms with Crippen molar-refractivity contribution >= 4 is 34.0 Å². The molecule has 0 amide bonds. The van der Waals surface area contributed by atoms with Gasteiger partial charge in [-0.05, 0) is 11.4 Å². The predicted octanol–water partition coefficient (Wildman–Crippen LogP) is 4.15. The number of aromatic nitrogens is 2. The number of aryl methyl sites for hydroxylation is 1. The zero-order valence-electron chi connectivity index (χ0n) is 9.74. The lowest BCUT2D eigenvalue weighted by atomic mass is 10.3. The van der Waals surface area contributed by atoms with E-state index in [-0.39, 0.29) is 5.52 Å². The van der Waals surface area contributed by atoms with Gasteiger partial charge in [-0.2, -0.15) is 11.3 Å². The summed E-state index contributed by atoms with van der Waals surface area (Å²) in [6, 6.07) is 4.02. The van der Waals surface area contributed by atoms with E-state index in [9.17, 15) is 8.78 Å². The highest BCUT2D eigenvalue weighted by atomic mass is 35.5. The highest BCUT2D eigenvalue weighted by Gasteiger charge is 2.16. The Hall–Kier alpha value is -1.46. The van der Waals surface area contributed by atoms with Crippen LogP contribution in [-0.2, 0) is 6.42 Å². The lowest BCUT2D eigenvalue weighted by molar-refractivity contribution is 0.590. The maximum atomic E-state index is 13.8. The number of imidazole rings is 1. The summed E-state index contributed by atoms with van der Waals surface area (Å²) < 4.78 is 28.9. The zero-order chi connectivity index (χ0) is 13.4. The summed E-state index contributed by atoms with van der Waals surface area (Å²) in [5, 5.41) is 3.81. The fourth-order valence-electron chi connectivity index (χ4n) is 2.08. The Labute approximate surface area is 117 Å². The number of hydrogen-bond donors (Lipinski definition) is 0. The van der Waals surface area contributed by atoms with Crippen LogP contribution in [0.2, 0.25) is 0 Å². The first-order chi connectivity index (χ1) is 9.20. The second-order valence-corrected chi connectivity index (χ2v) is 5.20. The molecule has 0 aliphatic heterocycles. The SMILES string of the molecule is Fc1cc(F)c2nc(CCCl)n(-c3ccsc3)c2c1. The average Bonchev–Trinajstić information content (AvgIpc) is 2.96. The summed E-state index contributed by atoms with van der Waals surface area (Å²) in [4.78, 5) is 4.24. The van der Waals surface area contributed by atoms with Crippen molar-refractivity contribution in [3.63, 3.8) is 0 Å². The second-order valence-electron chi connectivity index (χ2n) is 4.04. The van der Waals surface area contributed by atoms with Crippen molar-refractivity contribution in [3.8, 4) is 5.69 Å². The number of rotatable bonds is 3. The first-order valence-electron chi connectivity index (χ1n) is 5.65. The highest BCUT2D eigenvalue weighted by molar-refractivity contribution is 7.08. The van der Waals surface area contributed by atoms with Crippen molar-refractivity contribution in [2.75, 3.05) is 5.88 Å². The van der Waals surface area contributed by atoms with Crippen LogP contribution in [0.1, 0.15) is 5.82 Å². The van der Waals surface area contributed by atoms with Crippen LogP contribution < -0.4 is 0 Å². The largest absolute Gasteiger partial charge is 0.295 e. The van der Waals surface area contributed by atoms with Crippen LogP contribution in [0.25, 0.3) is 16.7 Å². The molecule has 3 aromatic rings. The van der Waals surface area contributed by atoms with Gasteiger partial charge in [0.1, 0.15) is 17.2 Å². The van der Waals surface area contributed by atoms with Gasteiger partial charge in [-0.25, -0.2) is 13.8 Å². The van der Waals surface area contributed by atoms with E-state index >= 15 is 0 Å². The summed E-state index contributed by atoms with van der Waals surface area (Å²) in [6.45, 7) is 0. The number of benzene rings is 1. The number of alkyl halides is 1. The van der Waals surface area contributed by atoms with Gasteiger partial charge in [0.15, 0.2) is 5.82 Å². The Bertz CT molecular complexity index is 722. The molecule has 0 aliphatic rings. The molecule has 98 valence electrons. The molecule has 0 saturated heterocycles. The molecular weight excluding hydrogens is 290 g/mol. The number of hydrogen-bond acceptors (Lipinski definition) is 2. The first-order valence-corrected chi connectivity index (χ1v) is 7.13. The van der Waals surface area contributed by atoms with Crippen molar-refractivity contribution in [3.05, 3.63) is 46.4 Å². The monoisotopic (exact) mass is 298 g/mol. The maximum absolute atomic E-state index is 13.8. The van der Waals surface area contributed by atoms with Crippen LogP contribution in [0, 0.1) is 11.6 Å². The van der Waals surface area contributed by atoms with Gasteiger partial charge in [-0.1, -0.05) is 0 Å². The molecule has 3 rings (SSSR count). The van der Waals surface area contributed by atoms with Crippen LogP contribution in [0.15, 0.2) is 29.0 Å². The van der Waals surface area contributed by atoms with Gasteiger partial charge < -0.3 is 0 Å². The Morgan fingerprint density at radius 2 is 2.16 bits per heavy atom. The molecule has 0 atom stereocenters. The van der Waals surface area contributed by atoms with E-state index in [0.717, 1.165) is 11.8 Å².